The molecule has 0 saturated heterocycles. The van der Waals surface area contributed by atoms with E-state index >= 15 is 0 Å². The molecule has 0 saturated carbocycles. The average Bonchev–Trinajstić information content (AvgIpc) is 2.70. The van der Waals surface area contributed by atoms with Crippen LogP contribution in [-0.4, -0.2) is 41.0 Å². The predicted molar refractivity (Wildman–Crippen MR) is 103 cm³/mol. The summed E-state index contributed by atoms with van der Waals surface area (Å²) in [5.41, 5.74) is 0.607. The minimum Gasteiger partial charge on any atom is -0.487 e. The monoisotopic (exact) mass is 401 g/mol. The molecule has 0 aromatic heterocycles. The predicted octanol–water partition coefficient (Wildman–Crippen LogP) is 2.21. The fourth-order valence-corrected chi connectivity index (χ4v) is 2.33. The number of hydrogen-bond acceptors (Lipinski definition) is 6. The van der Waals surface area contributed by atoms with E-state index in [-0.39, 0.29) is 35.9 Å². The van der Waals surface area contributed by atoms with Gasteiger partial charge in [0.15, 0.2) is 5.75 Å². The SMILES string of the molecule is O=C(O)CNC(=O)c1ccc(NC(=O)CCCOc2ccccc2[N+](=O)[O-])cc1. The third-order valence-electron chi connectivity index (χ3n) is 3.70. The Morgan fingerprint density at radius 2 is 1.76 bits per heavy atom. The van der Waals surface area contributed by atoms with Crippen molar-refractivity contribution in [2.45, 2.75) is 12.8 Å². The molecule has 0 aliphatic heterocycles. The smallest absolute Gasteiger partial charge is 0.322 e. The van der Waals surface area contributed by atoms with Crippen molar-refractivity contribution in [3.63, 3.8) is 0 Å². The number of ether oxygens (including phenoxy) is 1. The number of benzene rings is 2. The van der Waals surface area contributed by atoms with Crippen LogP contribution in [0.1, 0.15) is 23.2 Å². The van der Waals surface area contributed by atoms with Gasteiger partial charge in [0.25, 0.3) is 5.91 Å². The summed E-state index contributed by atoms with van der Waals surface area (Å²) < 4.78 is 5.37. The molecule has 152 valence electrons. The molecule has 0 fully saturated rings. The van der Waals surface area contributed by atoms with Gasteiger partial charge >= 0.3 is 11.7 Å². The number of amides is 2. The lowest BCUT2D eigenvalue weighted by Crippen LogP contribution is -2.29. The number of carbonyl (C=O) groups is 3. The largest absolute Gasteiger partial charge is 0.487 e. The summed E-state index contributed by atoms with van der Waals surface area (Å²) in [6.07, 6.45) is 0.495. The van der Waals surface area contributed by atoms with E-state index in [1.54, 1.807) is 12.1 Å². The Hall–Kier alpha value is -3.95. The van der Waals surface area contributed by atoms with Crippen LogP contribution >= 0.6 is 0 Å². The van der Waals surface area contributed by atoms with Gasteiger partial charge in [-0.1, -0.05) is 12.1 Å². The first kappa shape index (κ1) is 21.4. The number of nitro benzene ring substituents is 1. The Kier molecular flexibility index (Phi) is 7.66. The van der Waals surface area contributed by atoms with Crippen LogP contribution in [0.15, 0.2) is 48.5 Å². The van der Waals surface area contributed by atoms with Gasteiger partial charge in [-0.3, -0.25) is 24.5 Å². The van der Waals surface area contributed by atoms with Crippen LogP contribution in [0.25, 0.3) is 0 Å². The van der Waals surface area contributed by atoms with Crippen molar-refractivity contribution >= 4 is 29.2 Å². The van der Waals surface area contributed by atoms with Gasteiger partial charge in [-0.25, -0.2) is 0 Å². The molecule has 0 heterocycles. The maximum atomic E-state index is 12.0. The number of nitrogens with one attached hydrogen (secondary N) is 2. The van der Waals surface area contributed by atoms with Crippen molar-refractivity contribution in [2.24, 2.45) is 0 Å². The van der Waals surface area contributed by atoms with Crippen LogP contribution in [0, 0.1) is 10.1 Å². The second-order valence-electron chi connectivity index (χ2n) is 5.88. The number of para-hydroxylation sites is 2. The first-order valence-corrected chi connectivity index (χ1v) is 8.63. The van der Waals surface area contributed by atoms with Crippen LogP contribution in [0.2, 0.25) is 0 Å². The van der Waals surface area contributed by atoms with Gasteiger partial charge in [0.05, 0.1) is 11.5 Å². The molecule has 0 unspecified atom stereocenters. The molecule has 0 aliphatic rings. The van der Waals surface area contributed by atoms with Crippen molar-refractivity contribution in [1.29, 1.82) is 0 Å². The van der Waals surface area contributed by atoms with Crippen LogP contribution in [0.3, 0.4) is 0 Å². The molecule has 29 heavy (non-hydrogen) atoms. The normalized spacial score (nSPS) is 10.1. The third kappa shape index (κ3) is 6.94. The fraction of sp³-hybridized carbons (Fsp3) is 0.211. The third-order valence-corrected chi connectivity index (χ3v) is 3.70. The number of nitrogens with zero attached hydrogens (tertiary/aromatic N) is 1. The Morgan fingerprint density at radius 1 is 1.07 bits per heavy atom. The zero-order valence-electron chi connectivity index (χ0n) is 15.3. The lowest BCUT2D eigenvalue weighted by molar-refractivity contribution is -0.385. The van der Waals surface area contributed by atoms with E-state index in [0.29, 0.717) is 12.1 Å². The molecule has 0 aliphatic carbocycles. The van der Waals surface area contributed by atoms with Crippen molar-refractivity contribution in [1.82, 2.24) is 5.32 Å². The topological polar surface area (TPSA) is 148 Å². The van der Waals surface area contributed by atoms with Gasteiger partial charge in [-0.2, -0.15) is 0 Å². The van der Waals surface area contributed by atoms with E-state index in [1.165, 1.54) is 36.4 Å². The molecule has 2 aromatic carbocycles. The fourth-order valence-electron chi connectivity index (χ4n) is 2.33. The Bertz CT molecular complexity index is 897. The molecular formula is C19H19N3O7. The second kappa shape index (κ2) is 10.4. The summed E-state index contributed by atoms with van der Waals surface area (Å²) in [5.74, 6) is -1.81. The summed E-state index contributed by atoms with van der Waals surface area (Å²) >= 11 is 0. The summed E-state index contributed by atoms with van der Waals surface area (Å²) in [6.45, 7) is -0.341. The quantitative estimate of drug-likeness (QED) is 0.314. The lowest BCUT2D eigenvalue weighted by atomic mass is 10.2. The molecule has 2 aromatic rings. The summed E-state index contributed by atoms with van der Waals surface area (Å²) in [6, 6.07) is 12.0. The van der Waals surface area contributed by atoms with E-state index < -0.39 is 23.3 Å². The minimum atomic E-state index is -1.15. The van der Waals surface area contributed by atoms with Crippen molar-refractivity contribution in [3.8, 4) is 5.75 Å². The maximum Gasteiger partial charge on any atom is 0.322 e. The zero-order chi connectivity index (χ0) is 21.2. The standard InChI is InChI=1S/C19H19N3O7/c23-17(6-3-11-29-16-5-2-1-4-15(16)22(27)28)21-14-9-7-13(8-10-14)19(26)20-12-18(24)25/h1-2,4-5,7-10H,3,6,11-12H2,(H,20,26)(H,21,23)(H,24,25). The van der Waals surface area contributed by atoms with Gasteiger partial charge in [-0.05, 0) is 36.8 Å². The number of carboxylic acid groups (broad SMARTS) is 1. The molecular weight excluding hydrogens is 382 g/mol. The first-order valence-electron chi connectivity index (χ1n) is 8.63. The van der Waals surface area contributed by atoms with Gasteiger partial charge in [0, 0.05) is 23.7 Å². The van der Waals surface area contributed by atoms with Gasteiger partial charge in [-0.15, -0.1) is 0 Å². The summed E-state index contributed by atoms with van der Waals surface area (Å²) in [7, 11) is 0. The van der Waals surface area contributed by atoms with E-state index in [4.69, 9.17) is 9.84 Å². The van der Waals surface area contributed by atoms with Crippen LogP contribution in [0.5, 0.6) is 5.75 Å². The number of carbonyl (C=O) groups excluding carboxylic acids is 2. The molecule has 10 heteroatoms. The van der Waals surface area contributed by atoms with Crippen LogP contribution in [0.4, 0.5) is 11.4 Å². The molecule has 3 N–H and O–H groups in total. The molecule has 2 rings (SSSR count). The Balaban J connectivity index is 1.76. The maximum absolute atomic E-state index is 12.0. The highest BCUT2D eigenvalue weighted by molar-refractivity contribution is 5.97. The highest BCUT2D eigenvalue weighted by Gasteiger charge is 2.13. The average molecular weight is 401 g/mol. The zero-order valence-corrected chi connectivity index (χ0v) is 15.3. The van der Waals surface area contributed by atoms with Crippen molar-refractivity contribution in [3.05, 3.63) is 64.2 Å². The number of carboxylic acids is 1. The van der Waals surface area contributed by atoms with Crippen molar-refractivity contribution in [2.75, 3.05) is 18.5 Å². The molecule has 10 nitrogen and oxygen atoms in total. The first-order chi connectivity index (χ1) is 13.9. The molecule has 0 radical (unpaired) electrons. The number of hydrogen-bond donors (Lipinski definition) is 3. The highest BCUT2D eigenvalue weighted by atomic mass is 16.6. The highest BCUT2D eigenvalue weighted by Crippen LogP contribution is 2.25. The summed E-state index contributed by atoms with van der Waals surface area (Å²) in [5, 5.41) is 24.3. The molecule has 0 atom stereocenters. The van der Waals surface area contributed by atoms with E-state index in [1.807, 2.05) is 0 Å². The number of nitro groups is 1. The second-order valence-corrected chi connectivity index (χ2v) is 5.88. The Labute approximate surface area is 165 Å². The van der Waals surface area contributed by atoms with Gasteiger partial charge < -0.3 is 20.5 Å². The Morgan fingerprint density at radius 3 is 2.41 bits per heavy atom. The van der Waals surface area contributed by atoms with Crippen LogP contribution < -0.4 is 15.4 Å². The minimum absolute atomic E-state index is 0.135. The van der Waals surface area contributed by atoms with E-state index in [0.717, 1.165) is 0 Å². The van der Waals surface area contributed by atoms with Crippen molar-refractivity contribution < 1.29 is 29.2 Å². The number of anilines is 1. The molecule has 0 spiro atoms. The van der Waals surface area contributed by atoms with Crippen LogP contribution in [-0.2, 0) is 9.59 Å². The van der Waals surface area contributed by atoms with E-state index in [9.17, 15) is 24.5 Å². The van der Waals surface area contributed by atoms with Gasteiger partial charge in [0.1, 0.15) is 6.54 Å². The van der Waals surface area contributed by atoms with Gasteiger partial charge in [0.2, 0.25) is 5.91 Å². The van der Waals surface area contributed by atoms with E-state index in [2.05, 4.69) is 10.6 Å². The number of rotatable bonds is 10. The lowest BCUT2D eigenvalue weighted by Gasteiger charge is -2.08. The number of aliphatic carboxylic acids is 1. The molecule has 2 amide bonds. The summed E-state index contributed by atoms with van der Waals surface area (Å²) in [4.78, 5) is 44.5. The molecule has 0 bridgehead atoms.